The molecule has 3 aromatic rings. The lowest BCUT2D eigenvalue weighted by Crippen LogP contribution is -2.51. The Morgan fingerprint density at radius 3 is 2.33 bits per heavy atom. The molecule has 0 radical (unpaired) electrons. The molecule has 0 saturated carbocycles. The zero-order valence-corrected chi connectivity index (χ0v) is 22.1. The second kappa shape index (κ2) is 10.3. The summed E-state index contributed by atoms with van der Waals surface area (Å²) < 4.78 is 33.4. The summed E-state index contributed by atoms with van der Waals surface area (Å²) in [5.74, 6) is -0.484. The topological polar surface area (TPSA) is 120 Å². The highest BCUT2D eigenvalue weighted by atomic mass is 79.9. The molecular formula is C24H25BrN4O6S. The third kappa shape index (κ3) is 4.96. The number of carbonyl (C=O) groups is 2. The van der Waals surface area contributed by atoms with Crippen LogP contribution in [0, 0.1) is 0 Å². The van der Waals surface area contributed by atoms with E-state index in [0.717, 1.165) is 8.78 Å². The van der Waals surface area contributed by atoms with Crippen LogP contribution < -0.4 is 9.73 Å². The molecule has 0 atom stereocenters. The van der Waals surface area contributed by atoms with E-state index in [1.54, 1.807) is 31.2 Å². The lowest BCUT2D eigenvalue weighted by Gasteiger charge is -2.33. The molecule has 2 aromatic carbocycles. The number of halogens is 1. The third-order valence-corrected chi connectivity index (χ3v) is 8.33. The first kappa shape index (κ1) is 25.7. The molecule has 0 bridgehead atoms. The normalized spacial score (nSPS) is 14.1. The number of benzene rings is 2. The van der Waals surface area contributed by atoms with Gasteiger partial charge in [-0.25, -0.2) is 13.2 Å². The number of hydrogen-bond acceptors (Lipinski definition) is 6. The molecular weight excluding hydrogens is 552 g/mol. The highest BCUT2D eigenvalue weighted by Gasteiger charge is 2.28. The van der Waals surface area contributed by atoms with Gasteiger partial charge in [0.05, 0.1) is 17.2 Å². The number of hydrogen-bond donors (Lipinski definition) is 1. The van der Waals surface area contributed by atoms with Gasteiger partial charge in [-0.3, -0.25) is 13.9 Å². The van der Waals surface area contributed by atoms with Gasteiger partial charge in [-0.15, -0.1) is 0 Å². The van der Waals surface area contributed by atoms with Crippen LogP contribution in [0.4, 0.5) is 10.5 Å². The zero-order chi connectivity index (χ0) is 26.0. The van der Waals surface area contributed by atoms with Crippen LogP contribution in [0.2, 0.25) is 0 Å². The molecule has 1 aliphatic heterocycles. The monoisotopic (exact) mass is 576 g/mol. The van der Waals surface area contributed by atoms with Gasteiger partial charge in [-0.05, 0) is 49.4 Å². The predicted molar refractivity (Wildman–Crippen MR) is 139 cm³/mol. The van der Waals surface area contributed by atoms with Crippen molar-refractivity contribution in [2.45, 2.75) is 11.8 Å². The SMILES string of the molecule is CCOC(=O)N1CCN(C(=O)c2c[nH]c3ccc(S(=O)(=O)N(C)c4ccc(Br)cc4)cc3c2=O)CC1. The molecule has 10 nitrogen and oxygen atoms in total. The van der Waals surface area contributed by atoms with Crippen LogP contribution in [0.15, 0.2) is 62.8 Å². The summed E-state index contributed by atoms with van der Waals surface area (Å²) in [6.07, 6.45) is 0.905. The minimum atomic E-state index is -3.97. The van der Waals surface area contributed by atoms with Crippen LogP contribution in [0.1, 0.15) is 17.3 Å². The van der Waals surface area contributed by atoms with E-state index in [4.69, 9.17) is 4.74 Å². The molecule has 0 aliphatic carbocycles. The van der Waals surface area contributed by atoms with E-state index in [-0.39, 0.29) is 35.5 Å². The Bertz CT molecular complexity index is 1460. The van der Waals surface area contributed by atoms with Gasteiger partial charge in [-0.1, -0.05) is 15.9 Å². The first-order chi connectivity index (χ1) is 17.1. The molecule has 2 amide bonds. The second-order valence-electron chi connectivity index (χ2n) is 8.17. The summed E-state index contributed by atoms with van der Waals surface area (Å²) in [6, 6.07) is 11.0. The van der Waals surface area contributed by atoms with Crippen LogP contribution in [0.5, 0.6) is 0 Å². The molecule has 0 unspecified atom stereocenters. The molecule has 36 heavy (non-hydrogen) atoms. The predicted octanol–water partition coefficient (Wildman–Crippen LogP) is 3.03. The van der Waals surface area contributed by atoms with Gasteiger partial charge in [0.2, 0.25) is 5.43 Å². The lowest BCUT2D eigenvalue weighted by atomic mass is 10.1. The number of aromatic amines is 1. The number of sulfonamides is 1. The fourth-order valence-electron chi connectivity index (χ4n) is 3.94. The van der Waals surface area contributed by atoms with E-state index in [1.807, 2.05) is 0 Å². The van der Waals surface area contributed by atoms with Gasteiger partial charge < -0.3 is 19.5 Å². The molecule has 1 N–H and O–H groups in total. The number of aromatic nitrogens is 1. The average Bonchev–Trinajstić information content (AvgIpc) is 2.88. The summed E-state index contributed by atoms with van der Waals surface area (Å²) in [5, 5.41) is 0.0938. The van der Waals surface area contributed by atoms with Crippen molar-refractivity contribution >= 4 is 54.5 Å². The minimum absolute atomic E-state index is 0.0708. The Balaban J connectivity index is 1.61. The van der Waals surface area contributed by atoms with E-state index in [9.17, 15) is 22.8 Å². The maximum Gasteiger partial charge on any atom is 0.409 e. The van der Waals surface area contributed by atoms with Gasteiger partial charge in [0.1, 0.15) is 5.56 Å². The second-order valence-corrected chi connectivity index (χ2v) is 11.1. The van der Waals surface area contributed by atoms with Crippen molar-refractivity contribution in [1.82, 2.24) is 14.8 Å². The lowest BCUT2D eigenvalue weighted by molar-refractivity contribution is 0.0569. The number of anilines is 1. The number of rotatable bonds is 5. The Morgan fingerprint density at radius 1 is 1.06 bits per heavy atom. The minimum Gasteiger partial charge on any atom is -0.450 e. The average molecular weight is 577 g/mol. The Morgan fingerprint density at radius 2 is 1.69 bits per heavy atom. The van der Waals surface area contributed by atoms with E-state index in [0.29, 0.717) is 24.3 Å². The number of H-pyrrole nitrogens is 1. The van der Waals surface area contributed by atoms with E-state index in [2.05, 4.69) is 20.9 Å². The molecule has 1 saturated heterocycles. The maximum atomic E-state index is 13.3. The molecule has 1 aliphatic rings. The molecule has 12 heteroatoms. The van der Waals surface area contributed by atoms with Gasteiger partial charge in [0.15, 0.2) is 0 Å². The van der Waals surface area contributed by atoms with E-state index < -0.39 is 27.5 Å². The van der Waals surface area contributed by atoms with Crippen LogP contribution in [0.25, 0.3) is 10.9 Å². The van der Waals surface area contributed by atoms with Gasteiger partial charge >= 0.3 is 6.09 Å². The summed E-state index contributed by atoms with van der Waals surface area (Å²) >= 11 is 3.33. The molecule has 1 aromatic heterocycles. The van der Waals surface area contributed by atoms with Gasteiger partial charge in [0.25, 0.3) is 15.9 Å². The van der Waals surface area contributed by atoms with Crippen molar-refractivity contribution in [2.75, 3.05) is 44.1 Å². The number of nitrogens with one attached hydrogen (secondary N) is 1. The van der Waals surface area contributed by atoms with E-state index >= 15 is 0 Å². The summed E-state index contributed by atoms with van der Waals surface area (Å²) in [4.78, 5) is 44.1. The number of piperazine rings is 1. The first-order valence-electron chi connectivity index (χ1n) is 11.2. The Kier molecular flexibility index (Phi) is 7.36. The molecule has 4 rings (SSSR count). The number of fused-ring (bicyclic) bond motifs is 1. The highest BCUT2D eigenvalue weighted by molar-refractivity contribution is 9.10. The van der Waals surface area contributed by atoms with Crippen LogP contribution >= 0.6 is 15.9 Å². The standard InChI is InChI=1S/C24H25BrN4O6S/c1-3-35-24(32)29-12-10-28(11-13-29)23(31)20-15-26-21-9-8-18(14-19(21)22(20)30)36(33,34)27(2)17-6-4-16(25)5-7-17/h4-9,14-15H,3,10-13H2,1-2H3,(H,26,30). The van der Waals surface area contributed by atoms with Crippen molar-refractivity contribution < 1.29 is 22.7 Å². The number of carbonyl (C=O) groups excluding carboxylic acids is 2. The smallest absolute Gasteiger partial charge is 0.409 e. The van der Waals surface area contributed by atoms with Crippen molar-refractivity contribution in [3.05, 3.63) is 68.9 Å². The molecule has 190 valence electrons. The van der Waals surface area contributed by atoms with Crippen molar-refractivity contribution in [1.29, 1.82) is 0 Å². The molecule has 0 spiro atoms. The third-order valence-electron chi connectivity index (χ3n) is 6.02. The van der Waals surface area contributed by atoms with Crippen LogP contribution in [-0.4, -0.2) is 75.0 Å². The molecule has 1 fully saturated rings. The Labute approximate surface area is 216 Å². The van der Waals surface area contributed by atoms with Crippen molar-refractivity contribution in [2.24, 2.45) is 0 Å². The summed E-state index contributed by atoms with van der Waals surface area (Å²) in [7, 11) is -2.53. The number of ether oxygens (including phenoxy) is 1. The number of nitrogens with zero attached hydrogens (tertiary/aromatic N) is 3. The Hall–Kier alpha value is -3.38. The van der Waals surface area contributed by atoms with Gasteiger partial charge in [-0.2, -0.15) is 0 Å². The quantitative estimate of drug-likeness (QED) is 0.498. The fraction of sp³-hybridized carbons (Fsp3) is 0.292. The zero-order valence-electron chi connectivity index (χ0n) is 19.7. The summed E-state index contributed by atoms with van der Waals surface area (Å²) in [6.45, 7) is 3.07. The van der Waals surface area contributed by atoms with Gasteiger partial charge in [0, 0.05) is 54.8 Å². The first-order valence-corrected chi connectivity index (χ1v) is 13.5. The van der Waals surface area contributed by atoms with Crippen molar-refractivity contribution in [3.8, 4) is 0 Å². The summed E-state index contributed by atoms with van der Waals surface area (Å²) in [5.41, 5.74) is 0.208. The number of amides is 2. The fourth-order valence-corrected chi connectivity index (χ4v) is 5.43. The highest BCUT2D eigenvalue weighted by Crippen LogP contribution is 2.25. The number of pyridine rings is 1. The van der Waals surface area contributed by atoms with Crippen LogP contribution in [-0.2, 0) is 14.8 Å². The maximum absolute atomic E-state index is 13.3. The largest absolute Gasteiger partial charge is 0.450 e. The van der Waals surface area contributed by atoms with Crippen molar-refractivity contribution in [3.63, 3.8) is 0 Å². The van der Waals surface area contributed by atoms with E-state index in [1.165, 1.54) is 41.2 Å². The van der Waals surface area contributed by atoms with Crippen LogP contribution in [0.3, 0.4) is 0 Å². The molecule has 2 heterocycles.